The van der Waals surface area contributed by atoms with Crippen molar-refractivity contribution in [3.05, 3.63) is 84.7 Å². The normalized spacial score (nSPS) is 21.2. The first-order valence-corrected chi connectivity index (χ1v) is 12.7. The smallest absolute Gasteiger partial charge is 0.212 e. The molecule has 0 saturated carbocycles. The highest BCUT2D eigenvalue weighted by Crippen LogP contribution is 2.37. The molecule has 5 aromatic heterocycles. The second-order valence-electron chi connectivity index (χ2n) is 9.87. The topological polar surface area (TPSA) is 87.5 Å². The van der Waals surface area contributed by atoms with Gasteiger partial charge in [0.2, 0.25) is 5.88 Å². The Balaban J connectivity index is 1.15. The molecule has 0 aliphatic carbocycles. The van der Waals surface area contributed by atoms with Crippen LogP contribution in [0.3, 0.4) is 0 Å². The number of ether oxygens (including phenoxy) is 1. The third kappa shape index (κ3) is 4.10. The number of pyridine rings is 3. The molecular weight excluding hydrogens is 488 g/mol. The number of hydrogen-bond acceptors (Lipinski definition) is 7. The third-order valence-electron chi connectivity index (χ3n) is 7.54. The first-order valence-electron chi connectivity index (χ1n) is 15.2. The van der Waals surface area contributed by atoms with E-state index in [0.717, 1.165) is 28.9 Å². The minimum atomic E-state index is -2.29. The summed E-state index contributed by atoms with van der Waals surface area (Å²) in [5.74, 6) is 1.25. The summed E-state index contributed by atoms with van der Waals surface area (Å²) in [6, 6.07) is 13.3. The molecule has 0 amide bonds. The Labute approximate surface area is 233 Å². The van der Waals surface area contributed by atoms with Gasteiger partial charge in [0, 0.05) is 105 Å². The van der Waals surface area contributed by atoms with Crippen molar-refractivity contribution in [2.75, 3.05) is 25.1 Å². The molecule has 39 heavy (non-hydrogen) atoms. The molecule has 8 rings (SSSR count). The van der Waals surface area contributed by atoms with E-state index in [2.05, 4.69) is 21.1 Å². The van der Waals surface area contributed by atoms with Gasteiger partial charge in [0.15, 0.2) is 0 Å². The number of piperidine rings is 1. The molecule has 8 heterocycles. The number of methoxy groups -OCH3 is 1. The maximum Gasteiger partial charge on any atom is 0.212 e. The van der Waals surface area contributed by atoms with E-state index >= 15 is 0 Å². The molecule has 2 unspecified atom stereocenters. The summed E-state index contributed by atoms with van der Waals surface area (Å²) in [4.78, 5) is 13.1. The quantitative estimate of drug-likeness (QED) is 0.332. The van der Waals surface area contributed by atoms with Crippen molar-refractivity contribution >= 4 is 11.3 Å². The molecular formula is C30H28N8O. The Hall–Kier alpha value is -4.68. The van der Waals surface area contributed by atoms with E-state index in [1.807, 2.05) is 23.1 Å². The van der Waals surface area contributed by atoms with Crippen molar-refractivity contribution in [1.29, 1.82) is 5.26 Å². The number of aryl methyl sites for hydroxylation is 1. The Morgan fingerprint density at radius 3 is 2.64 bits per heavy atom. The van der Waals surface area contributed by atoms with Crippen LogP contribution in [0, 0.1) is 11.3 Å². The van der Waals surface area contributed by atoms with Gasteiger partial charge in [-0.15, -0.1) is 0 Å². The lowest BCUT2D eigenvalue weighted by atomic mass is 9.87. The fourth-order valence-corrected chi connectivity index (χ4v) is 5.58. The molecule has 2 bridgehead atoms. The van der Waals surface area contributed by atoms with Crippen LogP contribution in [0.5, 0.6) is 5.88 Å². The number of nitriles is 1. The molecule has 3 aliphatic heterocycles. The minimum Gasteiger partial charge on any atom is -0.481 e. The first kappa shape index (κ1) is 18.6. The summed E-state index contributed by atoms with van der Waals surface area (Å²) >= 11 is 0. The number of fused-ring (bicyclic) bond motifs is 3. The number of hydrogen-bond donors (Lipinski definition) is 0. The second kappa shape index (κ2) is 9.26. The van der Waals surface area contributed by atoms with Crippen LogP contribution in [-0.4, -0.2) is 61.3 Å². The highest BCUT2D eigenvalue weighted by Gasteiger charge is 2.44. The summed E-state index contributed by atoms with van der Waals surface area (Å²) in [7, 11) is 1.54. The van der Waals surface area contributed by atoms with Gasteiger partial charge in [-0.2, -0.15) is 10.4 Å². The van der Waals surface area contributed by atoms with Gasteiger partial charge in [0.05, 0.1) is 24.4 Å². The van der Waals surface area contributed by atoms with E-state index in [4.69, 9.17) is 16.6 Å². The standard InChI is InChI=1S/C30H28N8O/c1-35-8-7-22(16-35)23-9-27(30-24(11-31)14-34-38(30)17-23)21-4-5-28(32-13-21)36-18-25-10-26(19-36)37(25)15-20-3-6-29(39-2)33-12-20/h3-9,12-14,16-17,25-26H,10,15,18-19H2,1-2H3/i1D3,15D2. The highest BCUT2D eigenvalue weighted by atomic mass is 16.5. The summed E-state index contributed by atoms with van der Waals surface area (Å²) in [5.41, 5.74) is 4.59. The van der Waals surface area contributed by atoms with Crippen LogP contribution >= 0.6 is 0 Å². The van der Waals surface area contributed by atoms with Crippen LogP contribution in [0.4, 0.5) is 5.82 Å². The van der Waals surface area contributed by atoms with E-state index in [1.165, 1.54) is 30.3 Å². The Kier molecular flexibility index (Phi) is 4.40. The SMILES string of the molecule is [2H]C([2H])(c1ccc(OC)nc1)N1C2CC1CN(c1ccc(-c3cc(-c4ccn(C([2H])([2H])[2H])c4)cn4ncc(C#N)c34)cn1)C2. The lowest BCUT2D eigenvalue weighted by Crippen LogP contribution is -2.68. The maximum absolute atomic E-state index is 9.76. The van der Waals surface area contributed by atoms with Gasteiger partial charge in [0.25, 0.3) is 0 Å². The molecule has 5 aromatic rings. The van der Waals surface area contributed by atoms with Gasteiger partial charge < -0.3 is 14.2 Å². The number of aromatic nitrogens is 5. The Bertz CT molecular complexity index is 1880. The molecule has 3 fully saturated rings. The van der Waals surface area contributed by atoms with Crippen LogP contribution in [0.2, 0.25) is 0 Å². The lowest BCUT2D eigenvalue weighted by molar-refractivity contribution is -0.00876. The predicted octanol–water partition coefficient (Wildman–Crippen LogP) is 4.14. The zero-order valence-corrected chi connectivity index (χ0v) is 21.2. The summed E-state index contributed by atoms with van der Waals surface area (Å²) in [6.07, 6.45) is 10.6. The van der Waals surface area contributed by atoms with Crippen molar-refractivity contribution in [2.24, 2.45) is 6.98 Å². The Morgan fingerprint density at radius 2 is 1.95 bits per heavy atom. The summed E-state index contributed by atoms with van der Waals surface area (Å²) in [6.45, 7) is -2.64. The molecule has 9 heteroatoms. The molecule has 3 saturated heterocycles. The van der Waals surface area contributed by atoms with Gasteiger partial charge in [0.1, 0.15) is 11.9 Å². The monoisotopic (exact) mass is 521 g/mol. The van der Waals surface area contributed by atoms with Crippen LogP contribution < -0.4 is 9.64 Å². The average molecular weight is 522 g/mol. The highest BCUT2D eigenvalue weighted by molar-refractivity contribution is 5.87. The molecule has 3 aliphatic rings. The minimum absolute atomic E-state index is 0.0378. The van der Waals surface area contributed by atoms with Crippen molar-refractivity contribution in [1.82, 2.24) is 29.0 Å². The van der Waals surface area contributed by atoms with Gasteiger partial charge in [-0.05, 0) is 36.2 Å². The number of anilines is 1. The second-order valence-corrected chi connectivity index (χ2v) is 9.87. The molecule has 2 atom stereocenters. The zero-order valence-electron chi connectivity index (χ0n) is 26.2. The van der Waals surface area contributed by atoms with Crippen LogP contribution in [0.1, 0.15) is 24.4 Å². The molecule has 0 N–H and O–H groups in total. The number of nitrogens with zero attached hydrogens (tertiary/aromatic N) is 8. The van der Waals surface area contributed by atoms with Crippen LogP contribution in [-0.2, 0) is 13.5 Å². The molecule has 194 valence electrons. The maximum atomic E-state index is 9.76. The lowest BCUT2D eigenvalue weighted by Gasteiger charge is -2.56. The Morgan fingerprint density at radius 1 is 1.05 bits per heavy atom. The van der Waals surface area contributed by atoms with Gasteiger partial charge in [-0.1, -0.05) is 6.07 Å². The van der Waals surface area contributed by atoms with Gasteiger partial charge in [-0.25, -0.2) is 14.5 Å². The van der Waals surface area contributed by atoms with Crippen molar-refractivity contribution in [2.45, 2.75) is 25.0 Å². The molecule has 0 radical (unpaired) electrons. The van der Waals surface area contributed by atoms with Crippen LogP contribution in [0.25, 0.3) is 27.8 Å². The van der Waals surface area contributed by atoms with Gasteiger partial charge in [-0.3, -0.25) is 4.90 Å². The predicted molar refractivity (Wildman–Crippen MR) is 148 cm³/mol. The third-order valence-corrected chi connectivity index (χ3v) is 7.54. The molecule has 9 nitrogen and oxygen atoms in total. The zero-order chi connectivity index (χ0) is 30.8. The van der Waals surface area contributed by atoms with E-state index in [1.54, 1.807) is 41.3 Å². The van der Waals surface area contributed by atoms with Gasteiger partial charge >= 0.3 is 0 Å². The number of piperazine rings is 1. The molecule has 0 aromatic carbocycles. The van der Waals surface area contributed by atoms with E-state index < -0.39 is 13.5 Å². The first-order chi connectivity index (χ1) is 21.1. The largest absolute Gasteiger partial charge is 0.481 e. The van der Waals surface area contributed by atoms with E-state index in [-0.39, 0.29) is 12.1 Å². The molecule has 0 spiro atoms. The summed E-state index contributed by atoms with van der Waals surface area (Å²) in [5, 5.41) is 14.1. The van der Waals surface area contributed by atoms with Crippen LogP contribution in [0.15, 0.2) is 73.6 Å². The van der Waals surface area contributed by atoms with E-state index in [9.17, 15) is 5.26 Å². The van der Waals surface area contributed by atoms with Crippen molar-refractivity contribution in [3.8, 4) is 34.2 Å². The number of rotatable bonds is 6. The van der Waals surface area contributed by atoms with Crippen molar-refractivity contribution < 1.29 is 11.6 Å². The van der Waals surface area contributed by atoms with E-state index in [0.29, 0.717) is 41.2 Å². The fourth-order valence-electron chi connectivity index (χ4n) is 5.58. The fraction of sp³-hybridized carbons (Fsp3) is 0.267. The summed E-state index contributed by atoms with van der Waals surface area (Å²) < 4.78 is 48.8. The average Bonchev–Trinajstić information content (AvgIpc) is 3.69. The van der Waals surface area contributed by atoms with Crippen molar-refractivity contribution in [3.63, 3.8) is 0 Å².